The summed E-state index contributed by atoms with van der Waals surface area (Å²) >= 11 is 0. The molecule has 2 amide bonds. The lowest BCUT2D eigenvalue weighted by atomic mass is 10.1. The van der Waals surface area contributed by atoms with Crippen molar-refractivity contribution in [1.82, 2.24) is 19.9 Å². The van der Waals surface area contributed by atoms with Crippen molar-refractivity contribution in [1.29, 1.82) is 0 Å². The van der Waals surface area contributed by atoms with Crippen molar-refractivity contribution >= 4 is 51.7 Å². The zero-order valence-electron chi connectivity index (χ0n) is 18.5. The highest BCUT2D eigenvalue weighted by Gasteiger charge is 2.20. The number of fused-ring (bicyclic) bond motifs is 1. The number of hydrogen-bond acceptors (Lipinski definition) is 5. The van der Waals surface area contributed by atoms with Crippen LogP contribution in [0.5, 0.6) is 0 Å². The van der Waals surface area contributed by atoms with Gasteiger partial charge < -0.3 is 26.3 Å². The van der Waals surface area contributed by atoms with Gasteiger partial charge in [-0.15, -0.1) is 0 Å². The monoisotopic (exact) mass is 453 g/mol. The predicted octanol–water partition coefficient (Wildman–Crippen LogP) is 2.78. The van der Waals surface area contributed by atoms with Crippen LogP contribution >= 0.6 is 0 Å². The first kappa shape index (κ1) is 21.2. The minimum absolute atomic E-state index is 0.104. The van der Waals surface area contributed by atoms with Gasteiger partial charge in [-0.3, -0.25) is 5.41 Å². The molecule has 2 aromatic carbocycles. The lowest BCUT2D eigenvalue weighted by molar-refractivity contribution is -0.104. The van der Waals surface area contributed by atoms with Crippen LogP contribution in [0.1, 0.15) is 17.7 Å². The number of anilines is 4. The summed E-state index contributed by atoms with van der Waals surface area (Å²) < 4.78 is 0. The van der Waals surface area contributed by atoms with E-state index in [4.69, 9.17) is 11.1 Å². The number of carbonyl (C=O) groups is 1. The molecule has 5 rings (SSSR count). The predicted molar refractivity (Wildman–Crippen MR) is 135 cm³/mol. The van der Waals surface area contributed by atoms with Crippen LogP contribution in [-0.4, -0.2) is 45.2 Å². The molecule has 0 unspecified atom stereocenters. The van der Waals surface area contributed by atoms with Crippen LogP contribution in [0.15, 0.2) is 67.0 Å². The molecule has 0 saturated carbocycles. The van der Waals surface area contributed by atoms with Crippen molar-refractivity contribution in [2.45, 2.75) is 6.42 Å². The summed E-state index contributed by atoms with van der Waals surface area (Å²) in [5.41, 5.74) is 11.7. The number of nitrogens with one attached hydrogen (secondary N) is 3. The summed E-state index contributed by atoms with van der Waals surface area (Å²) in [6.45, 7) is 1.16. The first-order valence-electron chi connectivity index (χ1n) is 11.0. The van der Waals surface area contributed by atoms with Crippen molar-refractivity contribution in [3.63, 3.8) is 0 Å². The Bertz CT molecular complexity index is 1390. The third-order valence-corrected chi connectivity index (χ3v) is 5.82. The second-order valence-corrected chi connectivity index (χ2v) is 8.02. The number of amides is 2. The van der Waals surface area contributed by atoms with E-state index in [1.54, 1.807) is 11.0 Å². The highest BCUT2D eigenvalue weighted by molar-refractivity contribution is 5.94. The van der Waals surface area contributed by atoms with E-state index in [1.807, 2.05) is 48.5 Å². The number of hydrogen-bond donors (Lipinski definition) is 5. The molecule has 1 aliphatic rings. The minimum Gasteiger partial charge on any atom is -0.398 e. The van der Waals surface area contributed by atoms with E-state index < -0.39 is 0 Å². The Morgan fingerprint density at radius 1 is 1.12 bits per heavy atom. The van der Waals surface area contributed by atoms with Gasteiger partial charge in [0.05, 0.1) is 10.9 Å². The Labute approximate surface area is 196 Å². The van der Waals surface area contributed by atoms with Crippen LogP contribution in [0, 0.1) is 0 Å². The lowest BCUT2D eigenvalue weighted by Crippen LogP contribution is -2.37. The molecule has 0 spiro atoms. The molecule has 4 aromatic rings. The second-order valence-electron chi connectivity index (χ2n) is 8.02. The summed E-state index contributed by atoms with van der Waals surface area (Å²) in [6.07, 6.45) is 5.80. The zero-order chi connectivity index (χ0) is 23.5. The first-order valence-corrected chi connectivity index (χ1v) is 11.0. The topological polar surface area (TPSA) is 138 Å². The fraction of sp³-hybridized carbons (Fsp3) is 0.120. The Morgan fingerprint density at radius 2 is 1.97 bits per heavy atom. The smallest absolute Gasteiger partial charge is 0.322 e. The molecule has 0 saturated heterocycles. The van der Waals surface area contributed by atoms with Gasteiger partial charge in [0.25, 0.3) is 0 Å². The van der Waals surface area contributed by atoms with Crippen LogP contribution in [0.2, 0.25) is 0 Å². The molecular formula is C25H25N8O+. The summed E-state index contributed by atoms with van der Waals surface area (Å²) in [6, 6.07) is 16.9. The number of aromatic nitrogens is 3. The molecular weight excluding hydrogens is 428 g/mol. The third-order valence-electron chi connectivity index (χ3n) is 5.82. The Morgan fingerprint density at radius 3 is 2.74 bits per heavy atom. The molecule has 3 heterocycles. The van der Waals surface area contributed by atoms with Gasteiger partial charge >= 0.3 is 6.03 Å². The number of rotatable bonds is 5. The van der Waals surface area contributed by atoms with Gasteiger partial charge in [-0.25, -0.2) is 14.8 Å². The van der Waals surface area contributed by atoms with Crippen molar-refractivity contribution < 1.29 is 10.2 Å². The van der Waals surface area contributed by atoms with Crippen LogP contribution in [-0.2, 0) is 0 Å². The van der Waals surface area contributed by atoms with E-state index in [1.165, 1.54) is 12.5 Å². The molecule has 9 heteroatoms. The van der Waals surface area contributed by atoms with Crippen molar-refractivity contribution in [2.75, 3.05) is 29.5 Å². The molecule has 0 bridgehead atoms. The summed E-state index contributed by atoms with van der Waals surface area (Å²) in [5, 5.41) is 12.8. The third kappa shape index (κ3) is 4.31. The summed E-state index contributed by atoms with van der Waals surface area (Å²) in [4.78, 5) is 26.5. The normalized spacial score (nSPS) is 13.4. The minimum atomic E-state index is -0.104. The van der Waals surface area contributed by atoms with Gasteiger partial charge in [0.15, 0.2) is 6.21 Å². The van der Waals surface area contributed by atoms with Crippen LogP contribution < -0.4 is 21.8 Å². The van der Waals surface area contributed by atoms with Gasteiger partial charge in [0.2, 0.25) is 0 Å². The Kier molecular flexibility index (Phi) is 5.65. The molecule has 9 nitrogen and oxygen atoms in total. The Hall–Kier alpha value is -4.66. The molecule has 0 fully saturated rings. The number of nitrogens with two attached hydrogens (primary N) is 2. The summed E-state index contributed by atoms with van der Waals surface area (Å²) in [5.74, 6) is 0.681. The molecule has 2 aromatic heterocycles. The number of H-pyrrole nitrogens is 1. The van der Waals surface area contributed by atoms with Gasteiger partial charge in [0, 0.05) is 35.8 Å². The fourth-order valence-corrected chi connectivity index (χ4v) is 3.97. The molecule has 1 aliphatic heterocycles. The Balaban J connectivity index is 1.33. The van der Waals surface area contributed by atoms with E-state index in [-0.39, 0.29) is 6.03 Å². The molecule has 0 radical (unpaired) electrons. The van der Waals surface area contributed by atoms with E-state index in [2.05, 4.69) is 31.7 Å². The zero-order valence-corrected chi connectivity index (χ0v) is 18.5. The molecule has 0 aliphatic carbocycles. The largest absolute Gasteiger partial charge is 0.398 e. The van der Waals surface area contributed by atoms with E-state index in [0.717, 1.165) is 45.7 Å². The molecule has 0 atom stereocenters. The maximum atomic E-state index is 12.6. The quantitative estimate of drug-likeness (QED) is 0.234. The van der Waals surface area contributed by atoms with Gasteiger partial charge in [-0.2, -0.15) is 0 Å². The highest BCUT2D eigenvalue weighted by Crippen LogP contribution is 2.29. The second kappa shape index (κ2) is 9.07. The average molecular weight is 454 g/mol. The first-order chi connectivity index (χ1) is 16.6. The molecule has 170 valence electrons. The standard InChI is InChI=1S/C25H24N8O/c26-14-17-12-19(6-7-21(17)27)30-23-20-13-22(32-24(20)29-15-28-23)16-8-10-33(11-9-16)25(34)31-18-4-2-1-3-5-18/h1-8,12-15,26H,9-11,27H2,(H,31,34)(H2,28,29,30,32)/p+1. The maximum Gasteiger partial charge on any atom is 0.322 e. The van der Waals surface area contributed by atoms with Crippen molar-refractivity contribution in [2.24, 2.45) is 0 Å². The van der Waals surface area contributed by atoms with Gasteiger partial charge in [0.1, 0.15) is 17.8 Å². The number of urea groups is 1. The van der Waals surface area contributed by atoms with Crippen molar-refractivity contribution in [3.8, 4) is 0 Å². The fourth-order valence-electron chi connectivity index (χ4n) is 3.97. The summed E-state index contributed by atoms with van der Waals surface area (Å²) in [7, 11) is 0. The number of nitrogen functional groups attached to an aromatic ring is 1. The number of carbonyl (C=O) groups excluding carboxylic acids is 1. The number of aromatic amines is 1. The van der Waals surface area contributed by atoms with Crippen molar-refractivity contribution in [3.05, 3.63) is 78.3 Å². The van der Waals surface area contributed by atoms with E-state index in [0.29, 0.717) is 24.6 Å². The van der Waals surface area contributed by atoms with E-state index >= 15 is 0 Å². The van der Waals surface area contributed by atoms with Crippen LogP contribution in [0.25, 0.3) is 16.6 Å². The highest BCUT2D eigenvalue weighted by atomic mass is 16.2. The van der Waals surface area contributed by atoms with Gasteiger partial charge in [-0.05, 0) is 48.4 Å². The SMILES string of the molecule is Nc1ccc(Nc2ncnc3[nH]c(C4=CCN(C(=O)Nc5ccccc5)CC4)cc23)cc1C=[NH2+]. The van der Waals surface area contributed by atoms with Crippen LogP contribution in [0.3, 0.4) is 0 Å². The van der Waals surface area contributed by atoms with E-state index in [9.17, 15) is 4.79 Å². The van der Waals surface area contributed by atoms with Crippen LogP contribution in [0.4, 0.5) is 27.7 Å². The average Bonchev–Trinajstić information content (AvgIpc) is 3.31. The number of nitrogens with zero attached hydrogens (tertiary/aromatic N) is 3. The number of para-hydroxylation sites is 1. The lowest BCUT2D eigenvalue weighted by Gasteiger charge is -2.26. The molecule has 34 heavy (non-hydrogen) atoms. The molecule has 7 N–H and O–H groups in total. The van der Waals surface area contributed by atoms with Gasteiger partial charge in [-0.1, -0.05) is 24.3 Å². The maximum absolute atomic E-state index is 12.6. The number of benzene rings is 2.